The predicted molar refractivity (Wildman–Crippen MR) is 181 cm³/mol. The number of Topliss-reactive ketones (excluding diaryl/α,β-unsaturated/α-hetero) is 1. The SMILES string of the molecule is CC12CCSSCC3(CCCC4=C5CC1CC(CO)C1C(CCCO)C=CC(C4=O)C512)NC(N)=NCC3Cc1ccccc1. The molecule has 6 aliphatic rings. The van der Waals surface area contributed by atoms with Gasteiger partial charge < -0.3 is 21.3 Å². The summed E-state index contributed by atoms with van der Waals surface area (Å²) in [4.78, 5) is 19.2. The van der Waals surface area contributed by atoms with Crippen LogP contribution < -0.4 is 11.1 Å². The first-order valence-electron chi connectivity index (χ1n) is 16.9. The Morgan fingerprint density at radius 2 is 1.98 bits per heavy atom. The number of hydrogen-bond donors (Lipinski definition) is 4. The summed E-state index contributed by atoms with van der Waals surface area (Å²) in [5.74, 6) is 4.40. The van der Waals surface area contributed by atoms with E-state index in [2.05, 4.69) is 59.7 Å². The lowest BCUT2D eigenvalue weighted by atomic mass is 9.41. The second kappa shape index (κ2) is 12.1. The highest BCUT2D eigenvalue weighted by molar-refractivity contribution is 8.76. The van der Waals surface area contributed by atoms with Crippen LogP contribution in [0.3, 0.4) is 0 Å². The van der Waals surface area contributed by atoms with Gasteiger partial charge in [0.15, 0.2) is 11.7 Å². The lowest BCUT2D eigenvalue weighted by molar-refractivity contribution is -0.140. The molecule has 9 unspecified atom stereocenters. The van der Waals surface area contributed by atoms with E-state index >= 15 is 0 Å². The van der Waals surface area contributed by atoms with Crippen molar-refractivity contribution in [2.45, 2.75) is 70.3 Å². The quantitative estimate of drug-likeness (QED) is 0.240. The number of benzene rings is 1. The third kappa shape index (κ3) is 4.67. The van der Waals surface area contributed by atoms with E-state index in [9.17, 15) is 15.0 Å². The molecule has 7 rings (SSSR count). The minimum Gasteiger partial charge on any atom is -0.396 e. The fraction of sp³-hybridized carbons (Fsp3) is 0.667. The van der Waals surface area contributed by atoms with Gasteiger partial charge in [-0.1, -0.05) is 76.6 Å². The average molecular weight is 636 g/mol. The standard InChI is InChI=1S/C36H49N3O3S2/c1-34-14-16-43-44-22-35(27(20-38-33(37)39-35)17-23-7-3-2-4-8-23)13-5-10-28-30-19-26(34)18-25(21-41)31-24(9-6-15-40)11-12-29(32(28)42)36(30,31)34/h2-4,7-8,11-12,24-27,29,31,40-41H,5-6,9-10,13-22H2,1H3,(H3,37,38,39). The van der Waals surface area contributed by atoms with Gasteiger partial charge in [-0.25, -0.2) is 0 Å². The maximum Gasteiger partial charge on any atom is 0.189 e. The molecule has 2 spiro atoms. The van der Waals surface area contributed by atoms with Gasteiger partial charge in [0.25, 0.3) is 0 Å². The Kier molecular flexibility index (Phi) is 8.51. The summed E-state index contributed by atoms with van der Waals surface area (Å²) >= 11 is 0. The van der Waals surface area contributed by atoms with Gasteiger partial charge in [0.05, 0.1) is 11.5 Å². The highest BCUT2D eigenvalue weighted by Crippen LogP contribution is 2.78. The van der Waals surface area contributed by atoms with Gasteiger partial charge in [0, 0.05) is 42.6 Å². The summed E-state index contributed by atoms with van der Waals surface area (Å²) in [5, 5.41) is 24.2. The van der Waals surface area contributed by atoms with Gasteiger partial charge in [-0.3, -0.25) is 9.79 Å². The van der Waals surface area contributed by atoms with Crippen molar-refractivity contribution in [3.8, 4) is 0 Å². The van der Waals surface area contributed by atoms with E-state index in [1.54, 1.807) is 0 Å². The number of carbonyl (C=O) groups excluding carboxylic acids is 1. The maximum absolute atomic E-state index is 14.6. The zero-order chi connectivity index (χ0) is 30.5. The summed E-state index contributed by atoms with van der Waals surface area (Å²) < 4.78 is 0. The highest BCUT2D eigenvalue weighted by atomic mass is 33.1. The van der Waals surface area contributed by atoms with Crippen molar-refractivity contribution in [1.29, 1.82) is 0 Å². The molecule has 44 heavy (non-hydrogen) atoms. The van der Waals surface area contributed by atoms with E-state index in [0.717, 1.165) is 81.4 Å². The summed E-state index contributed by atoms with van der Waals surface area (Å²) in [6.07, 6.45) is 13.1. The highest BCUT2D eigenvalue weighted by Gasteiger charge is 2.74. The van der Waals surface area contributed by atoms with Crippen molar-refractivity contribution in [1.82, 2.24) is 5.32 Å². The van der Waals surface area contributed by atoms with E-state index < -0.39 is 0 Å². The summed E-state index contributed by atoms with van der Waals surface area (Å²) in [5.41, 5.74) is 9.95. The van der Waals surface area contributed by atoms with E-state index in [-0.39, 0.29) is 47.3 Å². The van der Waals surface area contributed by atoms with E-state index in [1.807, 2.05) is 21.6 Å². The van der Waals surface area contributed by atoms with E-state index in [0.29, 0.717) is 29.5 Å². The molecule has 6 nitrogen and oxygen atoms in total. The van der Waals surface area contributed by atoms with Gasteiger partial charge in [0.2, 0.25) is 0 Å². The monoisotopic (exact) mass is 635 g/mol. The molecule has 4 aliphatic carbocycles. The van der Waals surface area contributed by atoms with Crippen LogP contribution in [0, 0.1) is 46.3 Å². The molecule has 2 aliphatic heterocycles. The fourth-order valence-corrected chi connectivity index (χ4v) is 13.9. The van der Waals surface area contributed by atoms with Gasteiger partial charge in [-0.2, -0.15) is 0 Å². The number of nitrogens with zero attached hydrogens (tertiary/aromatic N) is 1. The summed E-state index contributed by atoms with van der Waals surface area (Å²) in [7, 11) is 3.98. The Bertz CT molecular complexity index is 1350. The fourth-order valence-electron chi connectivity index (χ4n) is 11.0. The predicted octanol–water partition coefficient (Wildman–Crippen LogP) is 5.55. The van der Waals surface area contributed by atoms with Crippen LogP contribution in [0.1, 0.15) is 63.9 Å². The van der Waals surface area contributed by atoms with Crippen LogP contribution in [0.15, 0.2) is 58.6 Å². The van der Waals surface area contributed by atoms with Gasteiger partial charge >= 0.3 is 0 Å². The second-order valence-corrected chi connectivity index (χ2v) is 17.3. The molecule has 0 aromatic heterocycles. The molecular formula is C36H49N3O3S2. The first kappa shape index (κ1) is 30.9. The number of aliphatic imine (C=N–C) groups is 1. The number of hydrogen-bond acceptors (Lipinski definition) is 8. The number of nitrogens with two attached hydrogens (primary N) is 1. The van der Waals surface area contributed by atoms with Crippen molar-refractivity contribution < 1.29 is 15.0 Å². The van der Waals surface area contributed by atoms with Crippen molar-refractivity contribution in [3.05, 3.63) is 59.2 Å². The third-order valence-electron chi connectivity index (χ3n) is 12.9. The molecule has 0 amide bonds. The smallest absolute Gasteiger partial charge is 0.189 e. The van der Waals surface area contributed by atoms with Crippen LogP contribution >= 0.6 is 21.6 Å². The zero-order valence-electron chi connectivity index (χ0n) is 26.0. The van der Waals surface area contributed by atoms with Crippen LogP contribution in [0.25, 0.3) is 0 Å². The van der Waals surface area contributed by atoms with Gasteiger partial charge in [-0.15, -0.1) is 0 Å². The van der Waals surface area contributed by atoms with Crippen molar-refractivity contribution in [3.63, 3.8) is 0 Å². The number of rotatable bonds is 6. The molecule has 2 saturated carbocycles. The van der Waals surface area contributed by atoms with Crippen LogP contribution in [0.2, 0.25) is 0 Å². The molecule has 1 aromatic carbocycles. The van der Waals surface area contributed by atoms with Gasteiger partial charge in [0.1, 0.15) is 0 Å². The molecule has 8 heteroatoms. The topological polar surface area (TPSA) is 108 Å². The molecule has 2 heterocycles. The number of nitrogens with one attached hydrogen (secondary N) is 1. The third-order valence-corrected chi connectivity index (χ3v) is 15.4. The average Bonchev–Trinajstić information content (AvgIpc) is 3.31. The zero-order valence-corrected chi connectivity index (χ0v) is 27.7. The van der Waals surface area contributed by atoms with E-state index in [4.69, 9.17) is 5.73 Å². The van der Waals surface area contributed by atoms with E-state index in [1.165, 1.54) is 11.1 Å². The van der Waals surface area contributed by atoms with Crippen LogP contribution in [0.5, 0.6) is 0 Å². The number of aliphatic hydroxyl groups is 2. The molecule has 1 aromatic rings. The number of guanidine groups is 1. The summed E-state index contributed by atoms with van der Waals surface area (Å²) in [6, 6.07) is 10.7. The molecular weight excluding hydrogens is 587 g/mol. The normalized spacial score (nSPS) is 41.5. The molecule has 2 fully saturated rings. The molecule has 0 saturated heterocycles. The molecule has 0 radical (unpaired) electrons. The Balaban J connectivity index is 1.26. The Morgan fingerprint density at radius 3 is 2.77 bits per heavy atom. The largest absolute Gasteiger partial charge is 0.396 e. The van der Waals surface area contributed by atoms with Crippen LogP contribution in [0.4, 0.5) is 0 Å². The molecule has 5 bridgehead atoms. The van der Waals surface area contributed by atoms with Crippen LogP contribution in [-0.4, -0.2) is 58.8 Å². The first-order valence-corrected chi connectivity index (χ1v) is 19.4. The van der Waals surface area contributed by atoms with Crippen molar-refractivity contribution in [2.24, 2.45) is 57.1 Å². The first-order chi connectivity index (χ1) is 21.4. The molecule has 5 N–H and O–H groups in total. The number of aliphatic hydroxyl groups excluding tert-OH is 2. The Morgan fingerprint density at radius 1 is 1.14 bits per heavy atom. The van der Waals surface area contributed by atoms with Crippen LogP contribution in [-0.2, 0) is 11.2 Å². The Hall–Kier alpha value is -1.74. The van der Waals surface area contributed by atoms with Gasteiger partial charge in [-0.05, 0) is 98.0 Å². The molecule has 9 atom stereocenters. The van der Waals surface area contributed by atoms with Crippen molar-refractivity contribution >= 4 is 33.3 Å². The summed E-state index contributed by atoms with van der Waals surface area (Å²) in [6.45, 7) is 3.62. The minimum absolute atomic E-state index is 0.0261. The minimum atomic E-state index is -0.197. The number of carbonyl (C=O) groups is 1. The maximum atomic E-state index is 14.6. The number of ketones is 1. The lowest BCUT2D eigenvalue weighted by Gasteiger charge is -2.61. The van der Waals surface area contributed by atoms with Crippen molar-refractivity contribution in [2.75, 3.05) is 31.3 Å². The lowest BCUT2D eigenvalue weighted by Crippen LogP contribution is -2.62. The molecule has 238 valence electrons. The Labute approximate surface area is 270 Å². The number of allylic oxidation sites excluding steroid dienone is 4. The second-order valence-electron chi connectivity index (χ2n) is 14.7.